The Morgan fingerprint density at radius 1 is 1.50 bits per heavy atom. The molecule has 1 aliphatic heterocycles. The van der Waals surface area contributed by atoms with Crippen molar-refractivity contribution < 1.29 is 4.74 Å². The van der Waals surface area contributed by atoms with E-state index in [0.717, 1.165) is 24.4 Å². The van der Waals surface area contributed by atoms with E-state index in [-0.39, 0.29) is 0 Å². The number of hydrogen-bond donors (Lipinski definition) is 2. The van der Waals surface area contributed by atoms with E-state index in [4.69, 9.17) is 10.5 Å². The lowest BCUT2D eigenvalue weighted by Gasteiger charge is -2.25. The fourth-order valence-electron chi connectivity index (χ4n) is 2.05. The summed E-state index contributed by atoms with van der Waals surface area (Å²) in [6.07, 6.45) is 0.989. The summed E-state index contributed by atoms with van der Waals surface area (Å²) in [6, 6.07) is 4.44. The van der Waals surface area contributed by atoms with Gasteiger partial charge in [-0.15, -0.1) is 0 Å². The summed E-state index contributed by atoms with van der Waals surface area (Å²) in [7, 11) is 1.66. The lowest BCUT2D eigenvalue weighted by molar-refractivity contribution is 0.415. The van der Waals surface area contributed by atoms with Crippen LogP contribution in [-0.4, -0.2) is 13.7 Å². The number of anilines is 1. The van der Waals surface area contributed by atoms with Crippen molar-refractivity contribution in [3.8, 4) is 5.75 Å². The minimum Gasteiger partial charge on any atom is -0.495 e. The Hall–Kier alpha value is -1.22. The fourth-order valence-corrected chi connectivity index (χ4v) is 2.05. The van der Waals surface area contributed by atoms with Crippen LogP contribution in [0.15, 0.2) is 12.1 Å². The molecule has 1 aromatic rings. The number of nitrogens with two attached hydrogens (primary N) is 1. The van der Waals surface area contributed by atoms with Crippen molar-refractivity contribution >= 4 is 5.69 Å². The number of rotatable bonds is 1. The van der Waals surface area contributed by atoms with Gasteiger partial charge in [-0.25, -0.2) is 0 Å². The van der Waals surface area contributed by atoms with Gasteiger partial charge in [-0.2, -0.15) is 0 Å². The molecule has 0 saturated carbocycles. The SMILES string of the molecule is COc1ccc2c(c1N)CCNC2C. The van der Waals surface area contributed by atoms with Crippen molar-refractivity contribution in [3.63, 3.8) is 0 Å². The van der Waals surface area contributed by atoms with Crippen molar-refractivity contribution in [2.24, 2.45) is 0 Å². The molecule has 76 valence electrons. The zero-order chi connectivity index (χ0) is 10.1. The summed E-state index contributed by atoms with van der Waals surface area (Å²) in [5.74, 6) is 0.790. The molecular formula is C11H16N2O. The van der Waals surface area contributed by atoms with Gasteiger partial charge >= 0.3 is 0 Å². The van der Waals surface area contributed by atoms with Gasteiger partial charge in [0.2, 0.25) is 0 Å². The van der Waals surface area contributed by atoms with Gasteiger partial charge < -0.3 is 15.8 Å². The smallest absolute Gasteiger partial charge is 0.142 e. The van der Waals surface area contributed by atoms with Crippen molar-refractivity contribution in [2.75, 3.05) is 19.4 Å². The van der Waals surface area contributed by atoms with Crippen LogP contribution in [0, 0.1) is 0 Å². The summed E-state index contributed by atoms with van der Waals surface area (Å²) < 4.78 is 5.20. The van der Waals surface area contributed by atoms with Gasteiger partial charge in [-0.05, 0) is 37.1 Å². The number of hydrogen-bond acceptors (Lipinski definition) is 3. The Balaban J connectivity index is 2.52. The maximum atomic E-state index is 6.02. The Bertz CT molecular complexity index is 349. The first-order chi connectivity index (χ1) is 6.74. The molecule has 3 N–H and O–H groups in total. The molecule has 14 heavy (non-hydrogen) atoms. The molecule has 0 bridgehead atoms. The molecule has 0 aliphatic carbocycles. The van der Waals surface area contributed by atoms with E-state index in [1.165, 1.54) is 11.1 Å². The second-order valence-electron chi connectivity index (χ2n) is 3.68. The van der Waals surface area contributed by atoms with Gasteiger partial charge in [0.1, 0.15) is 5.75 Å². The van der Waals surface area contributed by atoms with E-state index >= 15 is 0 Å². The van der Waals surface area contributed by atoms with Gasteiger partial charge in [0, 0.05) is 6.04 Å². The Labute approximate surface area is 84.3 Å². The molecule has 0 aromatic heterocycles. The second-order valence-corrected chi connectivity index (χ2v) is 3.68. The predicted octanol–water partition coefficient (Wildman–Crippen LogP) is 1.48. The van der Waals surface area contributed by atoms with Crippen LogP contribution in [0.25, 0.3) is 0 Å². The summed E-state index contributed by atoms with van der Waals surface area (Å²) in [5, 5.41) is 3.41. The van der Waals surface area contributed by atoms with Crippen LogP contribution in [0.3, 0.4) is 0 Å². The van der Waals surface area contributed by atoms with E-state index in [2.05, 4.69) is 18.3 Å². The highest BCUT2D eigenvalue weighted by Crippen LogP contribution is 2.33. The van der Waals surface area contributed by atoms with Crippen LogP contribution in [0.5, 0.6) is 5.75 Å². The van der Waals surface area contributed by atoms with Gasteiger partial charge in [-0.1, -0.05) is 6.07 Å². The van der Waals surface area contributed by atoms with Crippen molar-refractivity contribution in [1.82, 2.24) is 5.32 Å². The summed E-state index contributed by atoms with van der Waals surface area (Å²) in [5.41, 5.74) is 9.37. The van der Waals surface area contributed by atoms with Gasteiger partial charge in [0.15, 0.2) is 0 Å². The average molecular weight is 192 g/mol. The lowest BCUT2D eigenvalue weighted by atomic mass is 9.93. The molecule has 1 atom stereocenters. The molecular weight excluding hydrogens is 176 g/mol. The molecule has 0 spiro atoms. The third-order valence-corrected chi connectivity index (χ3v) is 2.87. The molecule has 0 radical (unpaired) electrons. The minimum absolute atomic E-state index is 0.395. The van der Waals surface area contributed by atoms with Crippen molar-refractivity contribution in [3.05, 3.63) is 23.3 Å². The van der Waals surface area contributed by atoms with Crippen LogP contribution < -0.4 is 15.8 Å². The molecule has 1 unspecified atom stereocenters. The normalized spacial score (nSPS) is 20.3. The van der Waals surface area contributed by atoms with Crippen LogP contribution in [0.2, 0.25) is 0 Å². The van der Waals surface area contributed by atoms with Crippen LogP contribution in [-0.2, 0) is 6.42 Å². The number of nitrogens with one attached hydrogen (secondary N) is 1. The molecule has 0 amide bonds. The minimum atomic E-state index is 0.395. The Morgan fingerprint density at radius 2 is 2.29 bits per heavy atom. The van der Waals surface area contributed by atoms with Crippen LogP contribution >= 0.6 is 0 Å². The van der Waals surface area contributed by atoms with Crippen LogP contribution in [0.4, 0.5) is 5.69 Å². The second kappa shape index (κ2) is 3.50. The first kappa shape index (κ1) is 9.34. The van der Waals surface area contributed by atoms with E-state index in [9.17, 15) is 0 Å². The maximum Gasteiger partial charge on any atom is 0.142 e. The summed E-state index contributed by atoms with van der Waals surface area (Å²) in [4.78, 5) is 0. The van der Waals surface area contributed by atoms with Crippen molar-refractivity contribution in [1.29, 1.82) is 0 Å². The molecule has 1 heterocycles. The van der Waals surface area contributed by atoms with E-state index in [0.29, 0.717) is 6.04 Å². The molecule has 2 rings (SSSR count). The highest BCUT2D eigenvalue weighted by molar-refractivity contribution is 5.62. The van der Waals surface area contributed by atoms with Gasteiger partial charge in [0.05, 0.1) is 12.8 Å². The number of nitrogen functional groups attached to an aromatic ring is 1. The molecule has 1 aromatic carbocycles. The predicted molar refractivity (Wildman–Crippen MR) is 57.5 cm³/mol. The maximum absolute atomic E-state index is 6.02. The molecule has 0 saturated heterocycles. The average Bonchev–Trinajstić information content (AvgIpc) is 2.20. The Morgan fingerprint density at radius 3 is 3.00 bits per heavy atom. The van der Waals surface area contributed by atoms with Gasteiger partial charge in [-0.3, -0.25) is 0 Å². The zero-order valence-electron chi connectivity index (χ0n) is 8.63. The number of fused-ring (bicyclic) bond motifs is 1. The third kappa shape index (κ3) is 1.34. The quantitative estimate of drug-likeness (QED) is 0.663. The number of ether oxygens (including phenoxy) is 1. The lowest BCUT2D eigenvalue weighted by Crippen LogP contribution is -2.28. The standard InChI is InChI=1S/C11H16N2O/c1-7-8-3-4-10(14-2)11(12)9(8)5-6-13-7/h3-4,7,13H,5-6,12H2,1-2H3. The Kier molecular flexibility index (Phi) is 2.33. The number of benzene rings is 1. The van der Waals surface area contributed by atoms with Gasteiger partial charge in [0.25, 0.3) is 0 Å². The summed E-state index contributed by atoms with van der Waals surface area (Å²) in [6.45, 7) is 3.15. The first-order valence-electron chi connectivity index (χ1n) is 4.92. The van der Waals surface area contributed by atoms with E-state index in [1.54, 1.807) is 7.11 Å². The highest BCUT2D eigenvalue weighted by atomic mass is 16.5. The third-order valence-electron chi connectivity index (χ3n) is 2.87. The molecule has 0 fully saturated rings. The van der Waals surface area contributed by atoms with Crippen LogP contribution in [0.1, 0.15) is 24.1 Å². The van der Waals surface area contributed by atoms with E-state index < -0.39 is 0 Å². The van der Waals surface area contributed by atoms with Crippen molar-refractivity contribution in [2.45, 2.75) is 19.4 Å². The molecule has 3 heteroatoms. The largest absolute Gasteiger partial charge is 0.495 e. The zero-order valence-corrected chi connectivity index (χ0v) is 8.63. The molecule has 1 aliphatic rings. The highest BCUT2D eigenvalue weighted by Gasteiger charge is 2.19. The monoisotopic (exact) mass is 192 g/mol. The van der Waals surface area contributed by atoms with E-state index in [1.807, 2.05) is 6.07 Å². The summed E-state index contributed by atoms with van der Waals surface area (Å²) >= 11 is 0. The fraction of sp³-hybridized carbons (Fsp3) is 0.455. The molecule has 3 nitrogen and oxygen atoms in total. The number of methoxy groups -OCH3 is 1. The topological polar surface area (TPSA) is 47.3 Å². The first-order valence-corrected chi connectivity index (χ1v) is 4.92.